The summed E-state index contributed by atoms with van der Waals surface area (Å²) in [6, 6.07) is 17.9. The molecule has 0 amide bonds. The molecule has 136 valence electrons. The summed E-state index contributed by atoms with van der Waals surface area (Å²) in [5.74, 6) is 0. The maximum absolute atomic E-state index is 12.1. The predicted molar refractivity (Wildman–Crippen MR) is 104 cm³/mol. The summed E-state index contributed by atoms with van der Waals surface area (Å²) in [5.41, 5.74) is 3.69. The molecule has 1 aromatic carbocycles. The van der Waals surface area contributed by atoms with Crippen molar-refractivity contribution in [1.82, 2.24) is 24.9 Å². The molecule has 0 spiro atoms. The lowest BCUT2D eigenvalue weighted by atomic mass is 10.00. The van der Waals surface area contributed by atoms with Crippen LogP contribution in [0.15, 0.2) is 78.0 Å². The van der Waals surface area contributed by atoms with E-state index < -0.39 is 0 Å². The zero-order chi connectivity index (χ0) is 18.5. The Kier molecular flexibility index (Phi) is 5.07. The normalized spacial score (nSPS) is 12.3. The number of fused-ring (bicyclic) bond motifs is 1. The summed E-state index contributed by atoms with van der Waals surface area (Å²) in [6.45, 7) is 0.519. The second-order valence-electron chi connectivity index (χ2n) is 6.49. The SMILES string of the molecule is O=c1cc(CNC(CCc2ccccc2)c2cccnc2)nc2cc[nH]n12. The molecule has 3 heterocycles. The number of hydrogen-bond donors (Lipinski definition) is 2. The van der Waals surface area contributed by atoms with Gasteiger partial charge in [0.1, 0.15) is 0 Å². The molecular formula is C21H21N5O. The van der Waals surface area contributed by atoms with E-state index in [1.165, 1.54) is 10.1 Å². The van der Waals surface area contributed by atoms with Crippen molar-refractivity contribution >= 4 is 5.65 Å². The minimum Gasteiger partial charge on any atom is -0.304 e. The van der Waals surface area contributed by atoms with Gasteiger partial charge in [0.15, 0.2) is 5.65 Å². The number of aromatic nitrogens is 4. The monoisotopic (exact) mass is 359 g/mol. The maximum atomic E-state index is 12.1. The number of pyridine rings is 1. The number of aromatic amines is 1. The molecule has 3 aromatic heterocycles. The molecular weight excluding hydrogens is 338 g/mol. The van der Waals surface area contributed by atoms with Crippen LogP contribution >= 0.6 is 0 Å². The van der Waals surface area contributed by atoms with Crippen molar-refractivity contribution in [3.05, 3.63) is 100 Å². The van der Waals surface area contributed by atoms with Gasteiger partial charge in [0.05, 0.1) is 5.69 Å². The Morgan fingerprint density at radius 2 is 2.00 bits per heavy atom. The molecule has 0 saturated carbocycles. The average Bonchev–Trinajstić information content (AvgIpc) is 3.19. The highest BCUT2D eigenvalue weighted by molar-refractivity contribution is 5.36. The summed E-state index contributed by atoms with van der Waals surface area (Å²) in [7, 11) is 0. The molecule has 0 fully saturated rings. The Bertz CT molecular complexity index is 1060. The number of benzene rings is 1. The molecule has 2 N–H and O–H groups in total. The highest BCUT2D eigenvalue weighted by Crippen LogP contribution is 2.19. The van der Waals surface area contributed by atoms with Crippen molar-refractivity contribution in [2.75, 3.05) is 0 Å². The minimum absolute atomic E-state index is 0.107. The number of nitrogens with one attached hydrogen (secondary N) is 2. The largest absolute Gasteiger partial charge is 0.304 e. The molecule has 6 nitrogen and oxygen atoms in total. The molecule has 4 rings (SSSR count). The zero-order valence-corrected chi connectivity index (χ0v) is 14.9. The lowest BCUT2D eigenvalue weighted by molar-refractivity contribution is 0.493. The van der Waals surface area contributed by atoms with Gasteiger partial charge >= 0.3 is 0 Å². The van der Waals surface area contributed by atoms with Gasteiger partial charge in [-0.15, -0.1) is 0 Å². The van der Waals surface area contributed by atoms with Gasteiger partial charge in [0.25, 0.3) is 5.56 Å². The van der Waals surface area contributed by atoms with E-state index >= 15 is 0 Å². The fraction of sp³-hybridized carbons (Fsp3) is 0.190. The van der Waals surface area contributed by atoms with Crippen LogP contribution in [-0.4, -0.2) is 19.6 Å². The summed E-state index contributed by atoms with van der Waals surface area (Å²) in [5, 5.41) is 6.40. The topological polar surface area (TPSA) is 75.1 Å². The molecule has 1 atom stereocenters. The summed E-state index contributed by atoms with van der Waals surface area (Å²) >= 11 is 0. The third kappa shape index (κ3) is 4.12. The van der Waals surface area contributed by atoms with Crippen molar-refractivity contribution in [3.63, 3.8) is 0 Å². The standard InChI is InChI=1S/C21H21N5O/c27-21-13-18(25-20-10-12-24-26(20)21)15-23-19(17-7-4-11-22-14-17)9-8-16-5-2-1-3-6-16/h1-7,10-14,19,23-24H,8-9,15H2. The Labute approximate surface area is 156 Å². The van der Waals surface area contributed by atoms with E-state index in [1.54, 1.807) is 24.5 Å². The average molecular weight is 359 g/mol. The number of aryl methyl sites for hydroxylation is 1. The first-order chi connectivity index (χ1) is 13.3. The van der Waals surface area contributed by atoms with Crippen LogP contribution in [-0.2, 0) is 13.0 Å². The van der Waals surface area contributed by atoms with Crippen LogP contribution in [0.25, 0.3) is 5.65 Å². The number of rotatable bonds is 7. The molecule has 0 aliphatic rings. The van der Waals surface area contributed by atoms with Crippen molar-refractivity contribution < 1.29 is 0 Å². The Balaban J connectivity index is 1.50. The van der Waals surface area contributed by atoms with Gasteiger partial charge in [-0.1, -0.05) is 36.4 Å². The first kappa shape index (κ1) is 17.2. The molecule has 6 heteroatoms. The van der Waals surface area contributed by atoms with Crippen LogP contribution in [0, 0.1) is 0 Å². The van der Waals surface area contributed by atoms with Gasteiger partial charge in [-0.3, -0.25) is 14.9 Å². The number of nitrogens with zero attached hydrogens (tertiary/aromatic N) is 3. The van der Waals surface area contributed by atoms with E-state index in [1.807, 2.05) is 18.3 Å². The van der Waals surface area contributed by atoms with Crippen LogP contribution in [0.5, 0.6) is 0 Å². The van der Waals surface area contributed by atoms with Gasteiger partial charge in [-0.25, -0.2) is 9.50 Å². The predicted octanol–water partition coefficient (Wildman–Crippen LogP) is 2.88. The number of H-pyrrole nitrogens is 1. The van der Waals surface area contributed by atoms with Crippen LogP contribution in [0.1, 0.15) is 29.3 Å². The van der Waals surface area contributed by atoms with E-state index in [2.05, 4.69) is 50.7 Å². The second kappa shape index (κ2) is 7.97. The first-order valence-corrected chi connectivity index (χ1v) is 9.03. The highest BCUT2D eigenvalue weighted by Gasteiger charge is 2.13. The maximum Gasteiger partial charge on any atom is 0.272 e. The van der Waals surface area contributed by atoms with Gasteiger partial charge in [-0.05, 0) is 30.0 Å². The molecule has 1 unspecified atom stereocenters. The van der Waals surface area contributed by atoms with Gasteiger partial charge in [0, 0.05) is 43.3 Å². The lowest BCUT2D eigenvalue weighted by Crippen LogP contribution is -2.24. The van der Waals surface area contributed by atoms with Crippen molar-refractivity contribution in [2.24, 2.45) is 0 Å². The fourth-order valence-corrected chi connectivity index (χ4v) is 3.22. The van der Waals surface area contributed by atoms with E-state index in [0.29, 0.717) is 12.2 Å². The molecule has 0 aliphatic heterocycles. The summed E-state index contributed by atoms with van der Waals surface area (Å²) in [4.78, 5) is 20.9. The van der Waals surface area contributed by atoms with E-state index in [-0.39, 0.29) is 11.6 Å². The van der Waals surface area contributed by atoms with E-state index in [0.717, 1.165) is 24.1 Å². The zero-order valence-electron chi connectivity index (χ0n) is 14.9. The molecule has 4 aromatic rings. The van der Waals surface area contributed by atoms with Crippen LogP contribution in [0.2, 0.25) is 0 Å². The highest BCUT2D eigenvalue weighted by atomic mass is 16.1. The Hall–Kier alpha value is -3.25. The number of hydrogen-bond acceptors (Lipinski definition) is 4. The molecule has 0 aliphatic carbocycles. The molecule has 0 bridgehead atoms. The Morgan fingerprint density at radius 3 is 2.81 bits per heavy atom. The molecule has 0 saturated heterocycles. The third-order valence-corrected chi connectivity index (χ3v) is 4.61. The van der Waals surface area contributed by atoms with E-state index in [4.69, 9.17) is 0 Å². The summed E-state index contributed by atoms with van der Waals surface area (Å²) < 4.78 is 1.43. The third-order valence-electron chi connectivity index (χ3n) is 4.61. The quantitative estimate of drug-likeness (QED) is 0.532. The van der Waals surface area contributed by atoms with Crippen molar-refractivity contribution in [2.45, 2.75) is 25.4 Å². The lowest BCUT2D eigenvalue weighted by Gasteiger charge is -2.19. The summed E-state index contributed by atoms with van der Waals surface area (Å²) in [6.07, 6.45) is 7.26. The van der Waals surface area contributed by atoms with Gasteiger partial charge < -0.3 is 5.32 Å². The van der Waals surface area contributed by atoms with Crippen molar-refractivity contribution in [1.29, 1.82) is 0 Å². The smallest absolute Gasteiger partial charge is 0.272 e. The van der Waals surface area contributed by atoms with Gasteiger partial charge in [0.2, 0.25) is 0 Å². The molecule has 0 radical (unpaired) electrons. The van der Waals surface area contributed by atoms with Crippen LogP contribution in [0.3, 0.4) is 0 Å². The Morgan fingerprint density at radius 1 is 1.11 bits per heavy atom. The molecule has 27 heavy (non-hydrogen) atoms. The fourth-order valence-electron chi connectivity index (χ4n) is 3.22. The minimum atomic E-state index is -0.107. The van der Waals surface area contributed by atoms with E-state index in [9.17, 15) is 4.79 Å². The van der Waals surface area contributed by atoms with Crippen LogP contribution in [0.4, 0.5) is 0 Å². The van der Waals surface area contributed by atoms with Gasteiger partial charge in [-0.2, -0.15) is 0 Å². The van der Waals surface area contributed by atoms with Crippen molar-refractivity contribution in [3.8, 4) is 0 Å². The second-order valence-corrected chi connectivity index (χ2v) is 6.49. The van der Waals surface area contributed by atoms with Crippen LogP contribution < -0.4 is 10.9 Å². The first-order valence-electron chi connectivity index (χ1n) is 9.03.